The summed E-state index contributed by atoms with van der Waals surface area (Å²) in [5.74, 6) is 0. The van der Waals surface area contributed by atoms with Crippen LogP contribution in [0.1, 0.15) is 11.1 Å². The minimum atomic E-state index is -4.78. The Hall–Kier alpha value is -2.58. The van der Waals surface area contributed by atoms with Gasteiger partial charge in [-0.3, -0.25) is 14.8 Å². The first kappa shape index (κ1) is 14.8. The number of anilines is 1. The maximum absolute atomic E-state index is 12.8. The lowest BCUT2D eigenvalue weighted by Gasteiger charge is -2.10. The maximum Gasteiger partial charge on any atom is 0.423 e. The van der Waals surface area contributed by atoms with Crippen molar-refractivity contribution in [3.8, 4) is 0 Å². The average Bonchev–Trinajstić information content (AvgIpc) is 2.81. The van der Waals surface area contributed by atoms with Gasteiger partial charge < -0.3 is 5.32 Å². The quantitative estimate of drug-likeness (QED) is 0.696. The molecule has 2 rings (SSSR count). The minimum Gasteiger partial charge on any atom is -0.381 e. The Labute approximate surface area is 117 Å². The number of nitrogens with one attached hydrogen (secondary N) is 1. The van der Waals surface area contributed by atoms with E-state index < -0.39 is 22.4 Å². The van der Waals surface area contributed by atoms with Crippen LogP contribution >= 0.6 is 0 Å². The van der Waals surface area contributed by atoms with E-state index >= 15 is 0 Å². The predicted molar refractivity (Wildman–Crippen MR) is 68.6 cm³/mol. The standard InChI is InChI=1S/C12H11F3N4O2/c1-18-7-8(6-17-18)5-16-9-2-3-11(19(20)21)10(4-9)12(13,14)15/h2-4,6-7,16H,5H2,1H3. The lowest BCUT2D eigenvalue weighted by Crippen LogP contribution is -2.10. The SMILES string of the molecule is Cn1cc(CNc2ccc([N+](=O)[O-])c(C(F)(F)F)c2)cn1. The Balaban J connectivity index is 2.23. The molecule has 2 aromatic rings. The molecular weight excluding hydrogens is 289 g/mol. The Kier molecular flexibility index (Phi) is 3.83. The molecule has 0 aliphatic heterocycles. The van der Waals surface area contributed by atoms with Gasteiger partial charge in [-0.25, -0.2) is 0 Å². The summed E-state index contributed by atoms with van der Waals surface area (Å²) in [5, 5.41) is 17.3. The number of nitro benzene ring substituents is 1. The van der Waals surface area contributed by atoms with Crippen LogP contribution in [0.5, 0.6) is 0 Å². The van der Waals surface area contributed by atoms with Crippen LogP contribution < -0.4 is 5.32 Å². The molecule has 1 aromatic heterocycles. The molecule has 21 heavy (non-hydrogen) atoms. The molecule has 1 N–H and O–H groups in total. The van der Waals surface area contributed by atoms with E-state index in [-0.39, 0.29) is 12.2 Å². The lowest BCUT2D eigenvalue weighted by atomic mass is 10.1. The smallest absolute Gasteiger partial charge is 0.381 e. The normalized spacial score (nSPS) is 11.4. The number of aromatic nitrogens is 2. The maximum atomic E-state index is 12.8. The fourth-order valence-electron chi connectivity index (χ4n) is 1.80. The van der Waals surface area contributed by atoms with Crippen LogP contribution in [-0.2, 0) is 19.8 Å². The van der Waals surface area contributed by atoms with Crippen molar-refractivity contribution in [2.45, 2.75) is 12.7 Å². The number of aryl methyl sites for hydroxylation is 1. The van der Waals surface area contributed by atoms with E-state index in [4.69, 9.17) is 0 Å². The molecule has 1 aromatic carbocycles. The second-order valence-electron chi connectivity index (χ2n) is 4.36. The van der Waals surface area contributed by atoms with Crippen LogP contribution in [0.2, 0.25) is 0 Å². The number of nitro groups is 1. The molecule has 0 saturated heterocycles. The number of rotatable bonds is 4. The van der Waals surface area contributed by atoms with Crippen molar-refractivity contribution in [1.82, 2.24) is 9.78 Å². The molecule has 1 heterocycles. The average molecular weight is 300 g/mol. The summed E-state index contributed by atoms with van der Waals surface area (Å²) in [4.78, 5) is 9.59. The van der Waals surface area contributed by atoms with Crippen LogP contribution in [0.25, 0.3) is 0 Å². The lowest BCUT2D eigenvalue weighted by molar-refractivity contribution is -0.388. The van der Waals surface area contributed by atoms with Crippen LogP contribution in [0, 0.1) is 10.1 Å². The van der Waals surface area contributed by atoms with E-state index in [0.717, 1.165) is 17.7 Å². The Morgan fingerprint density at radius 1 is 1.43 bits per heavy atom. The molecule has 0 amide bonds. The molecule has 0 bridgehead atoms. The highest BCUT2D eigenvalue weighted by Crippen LogP contribution is 2.37. The second-order valence-corrected chi connectivity index (χ2v) is 4.36. The van der Waals surface area contributed by atoms with Crippen molar-refractivity contribution >= 4 is 11.4 Å². The van der Waals surface area contributed by atoms with Crippen LogP contribution in [0.4, 0.5) is 24.5 Å². The third kappa shape index (κ3) is 3.50. The molecule has 9 heteroatoms. The topological polar surface area (TPSA) is 73.0 Å². The molecule has 0 aliphatic rings. The first-order valence-corrected chi connectivity index (χ1v) is 5.84. The highest BCUT2D eigenvalue weighted by molar-refractivity contribution is 5.55. The van der Waals surface area contributed by atoms with Gasteiger partial charge in [0.15, 0.2) is 0 Å². The van der Waals surface area contributed by atoms with Gasteiger partial charge >= 0.3 is 6.18 Å². The Morgan fingerprint density at radius 3 is 2.67 bits per heavy atom. The number of hydrogen-bond acceptors (Lipinski definition) is 4. The molecule has 6 nitrogen and oxygen atoms in total. The zero-order valence-electron chi connectivity index (χ0n) is 10.9. The highest BCUT2D eigenvalue weighted by Gasteiger charge is 2.38. The van der Waals surface area contributed by atoms with E-state index in [1.54, 1.807) is 24.1 Å². The number of nitrogens with zero attached hydrogens (tertiary/aromatic N) is 3. The van der Waals surface area contributed by atoms with E-state index in [9.17, 15) is 23.3 Å². The first-order valence-electron chi connectivity index (χ1n) is 5.84. The van der Waals surface area contributed by atoms with Gasteiger partial charge in [0.1, 0.15) is 5.56 Å². The number of hydrogen-bond donors (Lipinski definition) is 1. The molecule has 0 aliphatic carbocycles. The van der Waals surface area contributed by atoms with E-state index in [0.29, 0.717) is 0 Å². The summed E-state index contributed by atoms with van der Waals surface area (Å²) in [7, 11) is 1.72. The van der Waals surface area contributed by atoms with Crippen molar-refractivity contribution in [2.24, 2.45) is 7.05 Å². The largest absolute Gasteiger partial charge is 0.423 e. The molecular formula is C12H11F3N4O2. The van der Waals surface area contributed by atoms with E-state index in [2.05, 4.69) is 10.4 Å². The van der Waals surface area contributed by atoms with Gasteiger partial charge in [-0.15, -0.1) is 0 Å². The second kappa shape index (κ2) is 5.43. The predicted octanol–water partition coefficient (Wildman–Crippen LogP) is 2.96. The van der Waals surface area contributed by atoms with Crippen LogP contribution in [0.15, 0.2) is 30.6 Å². The molecule has 0 unspecified atom stereocenters. The molecule has 0 fully saturated rings. The van der Waals surface area contributed by atoms with Gasteiger partial charge in [-0.2, -0.15) is 18.3 Å². The van der Waals surface area contributed by atoms with Crippen molar-refractivity contribution in [3.63, 3.8) is 0 Å². The van der Waals surface area contributed by atoms with Crippen molar-refractivity contribution in [3.05, 3.63) is 51.8 Å². The summed E-state index contributed by atoms with van der Waals surface area (Å²) < 4.78 is 40.0. The third-order valence-corrected chi connectivity index (χ3v) is 2.75. The van der Waals surface area contributed by atoms with E-state index in [1.165, 1.54) is 6.07 Å². The first-order chi connectivity index (χ1) is 9.77. The fourth-order valence-corrected chi connectivity index (χ4v) is 1.80. The zero-order valence-corrected chi connectivity index (χ0v) is 10.9. The minimum absolute atomic E-state index is 0.150. The van der Waals surface area contributed by atoms with Gasteiger partial charge in [0, 0.05) is 37.1 Å². The molecule has 112 valence electrons. The summed E-state index contributed by atoms with van der Waals surface area (Å²) in [5.41, 5.74) is -1.31. The Morgan fingerprint density at radius 2 is 2.14 bits per heavy atom. The number of halogens is 3. The van der Waals surface area contributed by atoms with Gasteiger partial charge in [0.2, 0.25) is 0 Å². The van der Waals surface area contributed by atoms with E-state index in [1.807, 2.05) is 0 Å². The van der Waals surface area contributed by atoms with Gasteiger partial charge in [-0.05, 0) is 12.1 Å². The van der Waals surface area contributed by atoms with Gasteiger partial charge in [-0.1, -0.05) is 0 Å². The molecule has 0 atom stereocenters. The Bertz CT molecular complexity index is 667. The summed E-state index contributed by atoms with van der Waals surface area (Å²) in [6, 6.07) is 2.81. The number of alkyl halides is 3. The van der Waals surface area contributed by atoms with Gasteiger partial charge in [0.05, 0.1) is 11.1 Å². The van der Waals surface area contributed by atoms with Crippen molar-refractivity contribution < 1.29 is 18.1 Å². The fraction of sp³-hybridized carbons (Fsp3) is 0.250. The number of benzene rings is 1. The van der Waals surface area contributed by atoms with Gasteiger partial charge in [0.25, 0.3) is 5.69 Å². The monoisotopic (exact) mass is 300 g/mol. The molecule has 0 radical (unpaired) electrons. The van der Waals surface area contributed by atoms with Crippen LogP contribution in [-0.4, -0.2) is 14.7 Å². The summed E-state index contributed by atoms with van der Waals surface area (Å²) in [6.45, 7) is 0.267. The molecule has 0 saturated carbocycles. The summed E-state index contributed by atoms with van der Waals surface area (Å²) >= 11 is 0. The van der Waals surface area contributed by atoms with Crippen molar-refractivity contribution in [1.29, 1.82) is 0 Å². The highest BCUT2D eigenvalue weighted by atomic mass is 19.4. The van der Waals surface area contributed by atoms with Crippen LogP contribution in [0.3, 0.4) is 0 Å². The molecule has 0 spiro atoms. The van der Waals surface area contributed by atoms with Crippen molar-refractivity contribution in [2.75, 3.05) is 5.32 Å². The zero-order chi connectivity index (χ0) is 15.6. The third-order valence-electron chi connectivity index (χ3n) is 2.75. The summed E-state index contributed by atoms with van der Waals surface area (Å²) in [6.07, 6.45) is -1.50.